The van der Waals surface area contributed by atoms with Gasteiger partial charge in [0.05, 0.1) is 6.10 Å². The summed E-state index contributed by atoms with van der Waals surface area (Å²) in [6, 6.07) is 0. The molecular formula is C13H22N4O. The monoisotopic (exact) mass is 250 g/mol. The van der Waals surface area contributed by atoms with Crippen LogP contribution < -0.4 is 10.2 Å². The fraction of sp³-hybridized carbons (Fsp3) is 0.692. The summed E-state index contributed by atoms with van der Waals surface area (Å²) < 4.78 is 0. The molecule has 2 heterocycles. The van der Waals surface area contributed by atoms with Gasteiger partial charge < -0.3 is 15.3 Å². The molecule has 0 bridgehead atoms. The minimum absolute atomic E-state index is 0.203. The lowest BCUT2D eigenvalue weighted by molar-refractivity contribution is 0.109. The largest absolute Gasteiger partial charge is 0.393 e. The van der Waals surface area contributed by atoms with Crippen LogP contribution in [-0.4, -0.2) is 41.3 Å². The number of hydrogen-bond donors (Lipinski definition) is 2. The molecule has 2 rings (SSSR count). The van der Waals surface area contributed by atoms with Gasteiger partial charge >= 0.3 is 0 Å². The quantitative estimate of drug-likeness (QED) is 0.827. The third-order valence-electron chi connectivity index (χ3n) is 3.58. The van der Waals surface area contributed by atoms with Crippen LogP contribution in [0.3, 0.4) is 0 Å². The van der Waals surface area contributed by atoms with Gasteiger partial charge in [-0.3, -0.25) is 0 Å². The molecule has 0 saturated carbocycles. The van der Waals surface area contributed by atoms with Gasteiger partial charge in [0.15, 0.2) is 0 Å². The van der Waals surface area contributed by atoms with Crippen LogP contribution in [-0.2, 0) is 6.54 Å². The number of piperidine rings is 1. The second-order valence-electron chi connectivity index (χ2n) is 4.99. The van der Waals surface area contributed by atoms with Crippen LogP contribution in [0, 0.1) is 5.92 Å². The van der Waals surface area contributed by atoms with Crippen LogP contribution in [0.4, 0.5) is 5.95 Å². The van der Waals surface area contributed by atoms with Gasteiger partial charge in [-0.15, -0.1) is 0 Å². The fourth-order valence-corrected chi connectivity index (χ4v) is 2.39. The smallest absolute Gasteiger partial charge is 0.225 e. The first kappa shape index (κ1) is 13.2. The molecule has 5 nitrogen and oxygen atoms in total. The normalized spacial score (nSPS) is 18.9. The molecule has 1 atom stereocenters. The number of aromatic nitrogens is 2. The predicted molar refractivity (Wildman–Crippen MR) is 71.4 cm³/mol. The van der Waals surface area contributed by atoms with Crippen molar-refractivity contribution in [2.24, 2.45) is 5.92 Å². The first-order valence-electron chi connectivity index (χ1n) is 6.59. The highest BCUT2D eigenvalue weighted by Crippen LogP contribution is 2.22. The molecule has 1 saturated heterocycles. The van der Waals surface area contributed by atoms with Crippen LogP contribution in [0.1, 0.15) is 25.3 Å². The molecule has 18 heavy (non-hydrogen) atoms. The number of anilines is 1. The standard InChI is InChI=1S/C13H22N4O/c1-10(18)12-3-5-17(6-4-12)13-15-8-11(7-14-2)9-16-13/h8-10,12,14,18H,3-7H2,1-2H3. The Balaban J connectivity index is 1.93. The van der Waals surface area contributed by atoms with E-state index in [1.807, 2.05) is 26.4 Å². The average Bonchev–Trinajstić information content (AvgIpc) is 2.40. The molecule has 1 unspecified atom stereocenters. The lowest BCUT2D eigenvalue weighted by Gasteiger charge is -2.33. The Hall–Kier alpha value is -1.20. The van der Waals surface area contributed by atoms with E-state index >= 15 is 0 Å². The van der Waals surface area contributed by atoms with E-state index in [9.17, 15) is 5.11 Å². The van der Waals surface area contributed by atoms with E-state index in [1.54, 1.807) is 0 Å². The second kappa shape index (κ2) is 6.11. The zero-order valence-corrected chi connectivity index (χ0v) is 11.1. The highest BCUT2D eigenvalue weighted by Gasteiger charge is 2.23. The summed E-state index contributed by atoms with van der Waals surface area (Å²) in [5, 5.41) is 12.7. The Morgan fingerprint density at radius 3 is 2.50 bits per heavy atom. The molecule has 1 aromatic rings. The SMILES string of the molecule is CNCc1cnc(N2CCC(C(C)O)CC2)nc1. The van der Waals surface area contributed by atoms with Crippen molar-refractivity contribution in [1.82, 2.24) is 15.3 Å². The highest BCUT2D eigenvalue weighted by molar-refractivity contribution is 5.30. The van der Waals surface area contributed by atoms with Crippen molar-refractivity contribution in [3.05, 3.63) is 18.0 Å². The molecule has 1 aliphatic heterocycles. The van der Waals surface area contributed by atoms with Crippen LogP contribution in [0.5, 0.6) is 0 Å². The molecular weight excluding hydrogens is 228 g/mol. The average molecular weight is 250 g/mol. The number of hydrogen-bond acceptors (Lipinski definition) is 5. The van der Waals surface area contributed by atoms with Crippen molar-refractivity contribution in [3.63, 3.8) is 0 Å². The molecule has 5 heteroatoms. The lowest BCUT2D eigenvalue weighted by Crippen LogP contribution is -2.37. The maximum atomic E-state index is 9.57. The molecule has 1 fully saturated rings. The third-order valence-corrected chi connectivity index (χ3v) is 3.58. The first-order valence-corrected chi connectivity index (χ1v) is 6.59. The number of nitrogens with one attached hydrogen (secondary N) is 1. The van der Waals surface area contributed by atoms with E-state index in [1.165, 1.54) is 0 Å². The summed E-state index contributed by atoms with van der Waals surface area (Å²) in [5.41, 5.74) is 1.10. The van der Waals surface area contributed by atoms with Crippen LogP contribution in [0.2, 0.25) is 0 Å². The van der Waals surface area contributed by atoms with Crippen molar-refractivity contribution in [2.45, 2.75) is 32.4 Å². The van der Waals surface area contributed by atoms with Crippen molar-refractivity contribution in [1.29, 1.82) is 0 Å². The molecule has 2 N–H and O–H groups in total. The molecule has 0 amide bonds. The van der Waals surface area contributed by atoms with E-state index < -0.39 is 0 Å². The van der Waals surface area contributed by atoms with E-state index in [-0.39, 0.29) is 6.10 Å². The summed E-state index contributed by atoms with van der Waals surface area (Å²) in [4.78, 5) is 11.0. The zero-order chi connectivity index (χ0) is 13.0. The summed E-state index contributed by atoms with van der Waals surface area (Å²) in [6.07, 6.45) is 5.57. The van der Waals surface area contributed by atoms with Gasteiger partial charge in [-0.2, -0.15) is 0 Å². The van der Waals surface area contributed by atoms with Gasteiger partial charge in [-0.1, -0.05) is 0 Å². The maximum absolute atomic E-state index is 9.57. The van der Waals surface area contributed by atoms with Crippen molar-refractivity contribution in [2.75, 3.05) is 25.0 Å². The number of aliphatic hydroxyl groups is 1. The van der Waals surface area contributed by atoms with Crippen molar-refractivity contribution < 1.29 is 5.11 Å². The Morgan fingerprint density at radius 2 is 2.00 bits per heavy atom. The van der Waals surface area contributed by atoms with Gasteiger partial charge in [0, 0.05) is 37.6 Å². The van der Waals surface area contributed by atoms with Gasteiger partial charge in [-0.25, -0.2) is 9.97 Å². The Morgan fingerprint density at radius 1 is 1.39 bits per heavy atom. The summed E-state index contributed by atoms with van der Waals surface area (Å²) in [5.74, 6) is 1.23. The molecule has 100 valence electrons. The lowest BCUT2D eigenvalue weighted by atomic mass is 9.92. The highest BCUT2D eigenvalue weighted by atomic mass is 16.3. The van der Waals surface area contributed by atoms with Gasteiger partial charge in [0.25, 0.3) is 0 Å². The fourth-order valence-electron chi connectivity index (χ4n) is 2.39. The van der Waals surface area contributed by atoms with E-state index in [0.29, 0.717) is 5.92 Å². The van der Waals surface area contributed by atoms with Crippen LogP contribution >= 0.6 is 0 Å². The maximum Gasteiger partial charge on any atom is 0.225 e. The Kier molecular flexibility index (Phi) is 4.49. The second-order valence-corrected chi connectivity index (χ2v) is 4.99. The number of aliphatic hydroxyl groups excluding tert-OH is 1. The van der Waals surface area contributed by atoms with Gasteiger partial charge in [0.2, 0.25) is 5.95 Å². The Labute approximate surface area is 108 Å². The van der Waals surface area contributed by atoms with Crippen molar-refractivity contribution >= 4 is 5.95 Å². The summed E-state index contributed by atoms with van der Waals surface area (Å²) in [6.45, 7) is 4.54. The van der Waals surface area contributed by atoms with E-state index in [4.69, 9.17) is 0 Å². The molecule has 1 aromatic heterocycles. The number of nitrogens with zero attached hydrogens (tertiary/aromatic N) is 3. The molecule has 0 radical (unpaired) electrons. The van der Waals surface area contributed by atoms with Gasteiger partial charge in [-0.05, 0) is 32.7 Å². The van der Waals surface area contributed by atoms with Gasteiger partial charge in [0.1, 0.15) is 0 Å². The predicted octanol–water partition coefficient (Wildman–Crippen LogP) is 0.793. The zero-order valence-electron chi connectivity index (χ0n) is 11.1. The van der Waals surface area contributed by atoms with Crippen molar-refractivity contribution in [3.8, 4) is 0 Å². The summed E-state index contributed by atoms with van der Waals surface area (Å²) in [7, 11) is 1.91. The Bertz CT molecular complexity index is 358. The summed E-state index contributed by atoms with van der Waals surface area (Å²) >= 11 is 0. The molecule has 0 spiro atoms. The molecule has 1 aliphatic rings. The van der Waals surface area contributed by atoms with E-state index in [0.717, 1.165) is 44.0 Å². The van der Waals surface area contributed by atoms with E-state index in [2.05, 4.69) is 20.2 Å². The first-order chi connectivity index (χ1) is 8.70. The molecule has 0 aliphatic carbocycles. The topological polar surface area (TPSA) is 61.3 Å². The minimum atomic E-state index is -0.203. The minimum Gasteiger partial charge on any atom is -0.393 e. The van der Waals surface area contributed by atoms with Crippen LogP contribution in [0.15, 0.2) is 12.4 Å². The molecule has 0 aromatic carbocycles. The number of rotatable bonds is 4. The van der Waals surface area contributed by atoms with Crippen LogP contribution in [0.25, 0.3) is 0 Å². The third kappa shape index (κ3) is 3.17.